The molecule has 7 heteroatoms. The fourth-order valence-corrected chi connectivity index (χ4v) is 3.94. The van der Waals surface area contributed by atoms with Gasteiger partial charge in [-0.15, -0.1) is 0 Å². The van der Waals surface area contributed by atoms with Crippen molar-refractivity contribution in [3.63, 3.8) is 0 Å². The van der Waals surface area contributed by atoms with E-state index in [0.29, 0.717) is 24.8 Å². The summed E-state index contributed by atoms with van der Waals surface area (Å²) in [6.07, 6.45) is 3.37. The van der Waals surface area contributed by atoms with Gasteiger partial charge < -0.3 is 14.3 Å². The summed E-state index contributed by atoms with van der Waals surface area (Å²) < 4.78 is 5.45. The van der Waals surface area contributed by atoms with Crippen LogP contribution in [0.15, 0.2) is 41.1 Å². The topological polar surface area (TPSA) is 75.4 Å². The average Bonchev–Trinajstić information content (AvgIpc) is 3.09. The van der Waals surface area contributed by atoms with Crippen molar-refractivity contribution >= 4 is 11.7 Å². The van der Waals surface area contributed by atoms with Crippen molar-refractivity contribution in [1.82, 2.24) is 20.0 Å². The number of anilines is 1. The van der Waals surface area contributed by atoms with Gasteiger partial charge in [0.2, 0.25) is 0 Å². The summed E-state index contributed by atoms with van der Waals surface area (Å²) in [6.45, 7) is 8.94. The summed E-state index contributed by atoms with van der Waals surface area (Å²) in [5, 5.41) is 4.01. The molecule has 0 aliphatic carbocycles. The van der Waals surface area contributed by atoms with Gasteiger partial charge in [0.05, 0.1) is 5.56 Å². The van der Waals surface area contributed by atoms with Crippen LogP contribution in [0.2, 0.25) is 0 Å². The fourth-order valence-electron chi connectivity index (χ4n) is 3.94. The zero-order valence-electron chi connectivity index (χ0n) is 17.8. The molecule has 1 fully saturated rings. The van der Waals surface area contributed by atoms with Crippen LogP contribution < -0.4 is 4.90 Å². The highest BCUT2D eigenvalue weighted by molar-refractivity contribution is 5.94. The monoisotopic (exact) mass is 405 g/mol. The molecular formula is C23H27N5O2. The molecule has 1 saturated heterocycles. The fraction of sp³-hybridized carbons (Fsp3) is 0.391. The van der Waals surface area contributed by atoms with Crippen LogP contribution in [0.25, 0.3) is 11.5 Å². The number of carbonyl (C=O) groups excluding carboxylic acids is 1. The smallest absolute Gasteiger partial charge is 0.261 e. The minimum absolute atomic E-state index is 0.0920. The van der Waals surface area contributed by atoms with Gasteiger partial charge in [0.15, 0.2) is 5.82 Å². The van der Waals surface area contributed by atoms with Crippen LogP contribution in [0.5, 0.6) is 0 Å². The van der Waals surface area contributed by atoms with Crippen LogP contribution in [0.1, 0.15) is 40.7 Å². The highest BCUT2D eigenvalue weighted by atomic mass is 16.5. The normalized spacial score (nSPS) is 14.6. The molecule has 1 amide bonds. The molecule has 2 aromatic heterocycles. The van der Waals surface area contributed by atoms with E-state index in [0.717, 1.165) is 54.0 Å². The molecule has 156 valence electrons. The Morgan fingerprint density at radius 3 is 2.63 bits per heavy atom. The number of aromatic nitrogens is 3. The van der Waals surface area contributed by atoms with Crippen molar-refractivity contribution in [2.24, 2.45) is 0 Å². The third-order valence-corrected chi connectivity index (χ3v) is 5.35. The third kappa shape index (κ3) is 4.20. The van der Waals surface area contributed by atoms with Crippen molar-refractivity contribution in [2.75, 3.05) is 31.1 Å². The summed E-state index contributed by atoms with van der Waals surface area (Å²) in [4.78, 5) is 26.3. The molecule has 0 N–H and O–H groups in total. The van der Waals surface area contributed by atoms with E-state index in [1.807, 2.05) is 49.9 Å². The van der Waals surface area contributed by atoms with E-state index in [1.165, 1.54) is 0 Å². The first kappa shape index (κ1) is 20.1. The quantitative estimate of drug-likeness (QED) is 0.659. The van der Waals surface area contributed by atoms with Gasteiger partial charge in [0.1, 0.15) is 5.82 Å². The Morgan fingerprint density at radius 1 is 1.10 bits per heavy atom. The Bertz CT molecular complexity index is 1030. The first-order chi connectivity index (χ1) is 14.5. The molecule has 0 saturated carbocycles. The lowest BCUT2D eigenvalue weighted by Gasteiger charge is -2.24. The summed E-state index contributed by atoms with van der Waals surface area (Å²) in [7, 11) is 0. The summed E-state index contributed by atoms with van der Waals surface area (Å²) in [5.41, 5.74) is 3.81. The minimum Gasteiger partial charge on any atom is -0.354 e. The van der Waals surface area contributed by atoms with Crippen LogP contribution in [0.3, 0.4) is 0 Å². The standard InChI is InChI=1S/C23H27N5O2/c1-4-20-25-22(30-26-20)19-7-5-8-24-21(19)27-9-6-10-28(12-11-27)23(29)18-14-16(2)13-17(3)15-18/h5,7-8,13-15H,4,6,9-12H2,1-3H3. The van der Waals surface area contributed by atoms with E-state index in [-0.39, 0.29) is 5.91 Å². The maximum Gasteiger partial charge on any atom is 0.261 e. The number of nitrogens with zero attached hydrogens (tertiary/aromatic N) is 5. The van der Waals surface area contributed by atoms with Gasteiger partial charge >= 0.3 is 0 Å². The Kier molecular flexibility index (Phi) is 5.79. The summed E-state index contributed by atoms with van der Waals surface area (Å²) in [5.74, 6) is 2.09. The molecule has 4 rings (SSSR count). The van der Waals surface area contributed by atoms with Crippen molar-refractivity contribution in [1.29, 1.82) is 0 Å². The summed E-state index contributed by atoms with van der Waals surface area (Å²) >= 11 is 0. The first-order valence-corrected chi connectivity index (χ1v) is 10.5. The van der Waals surface area contributed by atoms with Gasteiger partial charge in [-0.1, -0.05) is 29.3 Å². The lowest BCUT2D eigenvalue weighted by Crippen LogP contribution is -2.35. The molecule has 1 aromatic carbocycles. The second-order valence-corrected chi connectivity index (χ2v) is 7.75. The van der Waals surface area contributed by atoms with Crippen LogP contribution in [0, 0.1) is 13.8 Å². The highest BCUT2D eigenvalue weighted by Crippen LogP contribution is 2.28. The highest BCUT2D eigenvalue weighted by Gasteiger charge is 2.24. The molecule has 0 spiro atoms. The Labute approximate surface area is 176 Å². The molecular weight excluding hydrogens is 378 g/mol. The molecule has 30 heavy (non-hydrogen) atoms. The number of carbonyl (C=O) groups is 1. The van der Waals surface area contributed by atoms with E-state index in [2.05, 4.69) is 26.1 Å². The predicted octanol–water partition coefficient (Wildman–Crippen LogP) is 3.66. The van der Waals surface area contributed by atoms with E-state index in [4.69, 9.17) is 4.52 Å². The maximum absolute atomic E-state index is 13.1. The Balaban J connectivity index is 1.53. The number of pyridine rings is 1. The van der Waals surface area contributed by atoms with Crippen molar-refractivity contribution in [3.05, 3.63) is 59.0 Å². The number of hydrogen-bond donors (Lipinski definition) is 0. The molecule has 0 bridgehead atoms. The lowest BCUT2D eigenvalue weighted by molar-refractivity contribution is 0.0767. The maximum atomic E-state index is 13.1. The molecule has 3 heterocycles. The molecule has 1 aliphatic rings. The van der Waals surface area contributed by atoms with Gasteiger partial charge in [-0.2, -0.15) is 4.98 Å². The summed E-state index contributed by atoms with van der Waals surface area (Å²) in [6, 6.07) is 9.86. The Morgan fingerprint density at radius 2 is 1.90 bits per heavy atom. The SMILES string of the molecule is CCc1noc(-c2cccnc2N2CCCN(C(=O)c3cc(C)cc(C)c3)CC2)n1. The largest absolute Gasteiger partial charge is 0.354 e. The molecule has 7 nitrogen and oxygen atoms in total. The van der Waals surface area contributed by atoms with E-state index < -0.39 is 0 Å². The van der Waals surface area contributed by atoms with E-state index in [9.17, 15) is 4.79 Å². The van der Waals surface area contributed by atoms with Crippen LogP contribution in [-0.2, 0) is 6.42 Å². The average molecular weight is 406 g/mol. The van der Waals surface area contributed by atoms with Crippen molar-refractivity contribution < 1.29 is 9.32 Å². The molecule has 0 radical (unpaired) electrons. The third-order valence-electron chi connectivity index (χ3n) is 5.35. The predicted molar refractivity (Wildman–Crippen MR) is 116 cm³/mol. The zero-order valence-corrected chi connectivity index (χ0v) is 17.8. The van der Waals surface area contributed by atoms with Gasteiger partial charge in [-0.05, 0) is 44.5 Å². The first-order valence-electron chi connectivity index (χ1n) is 10.5. The number of amides is 1. The number of rotatable bonds is 4. The van der Waals surface area contributed by atoms with Crippen LogP contribution in [0.4, 0.5) is 5.82 Å². The second kappa shape index (κ2) is 8.65. The van der Waals surface area contributed by atoms with Crippen molar-refractivity contribution in [3.8, 4) is 11.5 Å². The lowest BCUT2D eigenvalue weighted by atomic mass is 10.1. The van der Waals surface area contributed by atoms with E-state index >= 15 is 0 Å². The number of aryl methyl sites for hydroxylation is 3. The number of hydrogen-bond acceptors (Lipinski definition) is 6. The number of benzene rings is 1. The minimum atomic E-state index is 0.0920. The molecule has 3 aromatic rings. The van der Waals surface area contributed by atoms with Crippen LogP contribution in [-0.4, -0.2) is 52.1 Å². The molecule has 0 atom stereocenters. The van der Waals surface area contributed by atoms with Gasteiger partial charge in [0, 0.05) is 44.4 Å². The van der Waals surface area contributed by atoms with Gasteiger partial charge in [0.25, 0.3) is 11.8 Å². The van der Waals surface area contributed by atoms with E-state index in [1.54, 1.807) is 6.20 Å². The van der Waals surface area contributed by atoms with Crippen molar-refractivity contribution in [2.45, 2.75) is 33.6 Å². The molecule has 1 aliphatic heterocycles. The van der Waals surface area contributed by atoms with Crippen LogP contribution >= 0.6 is 0 Å². The van der Waals surface area contributed by atoms with Gasteiger partial charge in [-0.3, -0.25) is 4.79 Å². The molecule has 0 unspecified atom stereocenters. The van der Waals surface area contributed by atoms with Gasteiger partial charge in [-0.25, -0.2) is 4.98 Å². The second-order valence-electron chi connectivity index (χ2n) is 7.75. The Hall–Kier alpha value is -3.22. The zero-order chi connectivity index (χ0) is 21.1.